The van der Waals surface area contributed by atoms with Crippen molar-refractivity contribution in [1.29, 1.82) is 0 Å². The van der Waals surface area contributed by atoms with Crippen LogP contribution >= 0.6 is 15.9 Å². The van der Waals surface area contributed by atoms with Gasteiger partial charge in [-0.3, -0.25) is 9.78 Å². The Morgan fingerprint density at radius 2 is 1.95 bits per heavy atom. The summed E-state index contributed by atoms with van der Waals surface area (Å²) in [6.45, 7) is 0. The highest BCUT2D eigenvalue weighted by Gasteiger charge is 2.16. The fraction of sp³-hybridized carbons (Fsp3) is 0. The van der Waals surface area contributed by atoms with Gasteiger partial charge in [-0.15, -0.1) is 0 Å². The van der Waals surface area contributed by atoms with Crippen molar-refractivity contribution in [2.45, 2.75) is 0 Å². The van der Waals surface area contributed by atoms with Crippen molar-refractivity contribution >= 4 is 32.5 Å². The van der Waals surface area contributed by atoms with Gasteiger partial charge < -0.3 is 0 Å². The largest absolute Gasteiger partial charge is 0.289 e. The van der Waals surface area contributed by atoms with Crippen LogP contribution in [0.3, 0.4) is 0 Å². The smallest absolute Gasteiger partial charge is 0.194 e. The highest BCUT2D eigenvalue weighted by Crippen LogP contribution is 2.25. The van der Waals surface area contributed by atoms with Gasteiger partial charge in [0.1, 0.15) is 5.82 Å². The normalized spacial score (nSPS) is 10.7. The molecule has 0 unspecified atom stereocenters. The van der Waals surface area contributed by atoms with E-state index in [1.807, 2.05) is 18.2 Å². The average Bonchev–Trinajstić information content (AvgIpc) is 2.48. The summed E-state index contributed by atoms with van der Waals surface area (Å²) < 4.78 is 13.9. The third-order valence-corrected chi connectivity index (χ3v) is 3.79. The van der Waals surface area contributed by atoms with Crippen molar-refractivity contribution in [3.05, 3.63) is 76.3 Å². The van der Waals surface area contributed by atoms with Crippen molar-refractivity contribution in [2.24, 2.45) is 0 Å². The van der Waals surface area contributed by atoms with E-state index in [1.165, 1.54) is 18.2 Å². The van der Waals surface area contributed by atoms with Crippen LogP contribution in [0.2, 0.25) is 0 Å². The summed E-state index contributed by atoms with van der Waals surface area (Å²) in [5, 5.41) is 1.69. The number of benzene rings is 2. The standard InChI is InChI=1S/C16H9BrFNO/c17-15-5-4-11(18)8-13(15)16(20)12-3-1-2-10-6-7-19-9-14(10)12/h1-9H. The average molecular weight is 330 g/mol. The molecule has 1 heterocycles. The number of nitrogens with zero attached hydrogens (tertiary/aromatic N) is 1. The summed E-state index contributed by atoms with van der Waals surface area (Å²) >= 11 is 3.29. The second kappa shape index (κ2) is 5.13. The fourth-order valence-electron chi connectivity index (χ4n) is 2.13. The first-order valence-corrected chi connectivity index (χ1v) is 6.78. The first kappa shape index (κ1) is 12.9. The number of aromatic nitrogens is 1. The molecule has 0 spiro atoms. The molecule has 0 atom stereocenters. The second-order valence-electron chi connectivity index (χ2n) is 4.36. The van der Waals surface area contributed by atoms with Gasteiger partial charge in [-0.05, 0) is 29.7 Å². The van der Waals surface area contributed by atoms with Crippen LogP contribution in [0, 0.1) is 5.82 Å². The fourth-order valence-corrected chi connectivity index (χ4v) is 2.55. The van der Waals surface area contributed by atoms with E-state index in [0.717, 1.165) is 10.8 Å². The number of pyridine rings is 1. The van der Waals surface area contributed by atoms with Gasteiger partial charge in [0.25, 0.3) is 0 Å². The zero-order valence-corrected chi connectivity index (χ0v) is 11.9. The summed E-state index contributed by atoms with van der Waals surface area (Å²) in [4.78, 5) is 16.7. The van der Waals surface area contributed by atoms with Gasteiger partial charge in [0, 0.05) is 33.4 Å². The zero-order valence-electron chi connectivity index (χ0n) is 10.3. The second-order valence-corrected chi connectivity index (χ2v) is 5.21. The maximum Gasteiger partial charge on any atom is 0.194 e. The molecule has 0 aliphatic heterocycles. The molecule has 20 heavy (non-hydrogen) atoms. The molecule has 0 radical (unpaired) electrons. The molecule has 3 rings (SSSR count). The van der Waals surface area contributed by atoms with E-state index in [-0.39, 0.29) is 5.78 Å². The summed E-state index contributed by atoms with van der Waals surface area (Å²) in [5.41, 5.74) is 0.822. The van der Waals surface area contributed by atoms with E-state index < -0.39 is 5.82 Å². The van der Waals surface area contributed by atoms with Crippen molar-refractivity contribution in [1.82, 2.24) is 4.98 Å². The Hall–Kier alpha value is -2.07. The van der Waals surface area contributed by atoms with Crippen LogP contribution < -0.4 is 0 Å². The number of ketones is 1. The van der Waals surface area contributed by atoms with Gasteiger partial charge in [-0.2, -0.15) is 0 Å². The molecule has 0 saturated carbocycles. The first-order valence-electron chi connectivity index (χ1n) is 5.99. The lowest BCUT2D eigenvalue weighted by atomic mass is 9.98. The van der Waals surface area contributed by atoms with E-state index in [9.17, 15) is 9.18 Å². The van der Waals surface area contributed by atoms with E-state index in [4.69, 9.17) is 0 Å². The monoisotopic (exact) mass is 329 g/mol. The van der Waals surface area contributed by atoms with Gasteiger partial charge in [-0.25, -0.2) is 4.39 Å². The number of rotatable bonds is 2. The molecule has 2 nitrogen and oxygen atoms in total. The van der Waals surface area contributed by atoms with Crippen LogP contribution in [0.4, 0.5) is 4.39 Å². The topological polar surface area (TPSA) is 30.0 Å². The van der Waals surface area contributed by atoms with Crippen LogP contribution in [-0.4, -0.2) is 10.8 Å². The molecule has 0 aliphatic carbocycles. The van der Waals surface area contributed by atoms with Crippen LogP contribution in [0.1, 0.15) is 15.9 Å². The maximum atomic E-state index is 13.4. The molecule has 1 aromatic heterocycles. The van der Waals surface area contributed by atoms with Crippen molar-refractivity contribution in [2.75, 3.05) is 0 Å². The predicted octanol–water partition coefficient (Wildman–Crippen LogP) is 4.37. The Kier molecular flexibility index (Phi) is 3.32. The van der Waals surface area contributed by atoms with Crippen LogP contribution in [-0.2, 0) is 0 Å². The minimum absolute atomic E-state index is 0.227. The molecule has 98 valence electrons. The minimum Gasteiger partial charge on any atom is -0.289 e. The molecule has 0 fully saturated rings. The molecule has 4 heteroatoms. The van der Waals surface area contributed by atoms with Gasteiger partial charge in [0.05, 0.1) is 0 Å². The first-order chi connectivity index (χ1) is 9.66. The van der Waals surface area contributed by atoms with Gasteiger partial charge in [-0.1, -0.05) is 34.1 Å². The van der Waals surface area contributed by atoms with Crippen molar-refractivity contribution in [3.63, 3.8) is 0 Å². The summed E-state index contributed by atoms with van der Waals surface area (Å²) in [5.74, 6) is -0.662. The third-order valence-electron chi connectivity index (χ3n) is 3.10. The number of hydrogen-bond donors (Lipinski definition) is 0. The highest BCUT2D eigenvalue weighted by molar-refractivity contribution is 9.10. The lowest BCUT2D eigenvalue weighted by Crippen LogP contribution is -2.04. The van der Waals surface area contributed by atoms with E-state index in [1.54, 1.807) is 18.5 Å². The van der Waals surface area contributed by atoms with Gasteiger partial charge in [0.15, 0.2) is 5.78 Å². The molecule has 0 N–H and O–H groups in total. The van der Waals surface area contributed by atoms with Crippen LogP contribution in [0.15, 0.2) is 59.3 Å². The molecule has 0 saturated heterocycles. The predicted molar refractivity (Wildman–Crippen MR) is 79.3 cm³/mol. The van der Waals surface area contributed by atoms with E-state index >= 15 is 0 Å². The zero-order chi connectivity index (χ0) is 14.1. The Labute approximate surface area is 123 Å². The van der Waals surface area contributed by atoms with Crippen LogP contribution in [0.5, 0.6) is 0 Å². The molecule has 0 aliphatic rings. The molecule has 2 aromatic carbocycles. The Bertz CT molecular complexity index is 811. The van der Waals surface area contributed by atoms with E-state index in [2.05, 4.69) is 20.9 Å². The lowest BCUT2D eigenvalue weighted by Gasteiger charge is -2.07. The molecular formula is C16H9BrFNO. The van der Waals surface area contributed by atoms with Gasteiger partial charge >= 0.3 is 0 Å². The van der Waals surface area contributed by atoms with Crippen LogP contribution in [0.25, 0.3) is 10.8 Å². The number of hydrogen-bond acceptors (Lipinski definition) is 2. The number of carbonyl (C=O) groups is 1. The molecule has 0 bridgehead atoms. The molecule has 0 amide bonds. The number of halogens is 2. The minimum atomic E-state index is -0.435. The molecular weight excluding hydrogens is 321 g/mol. The molecule has 3 aromatic rings. The Balaban J connectivity index is 2.20. The van der Waals surface area contributed by atoms with E-state index in [0.29, 0.717) is 15.6 Å². The maximum absolute atomic E-state index is 13.4. The summed E-state index contributed by atoms with van der Waals surface area (Å²) in [6.07, 6.45) is 3.32. The van der Waals surface area contributed by atoms with Gasteiger partial charge in [0.2, 0.25) is 0 Å². The highest BCUT2D eigenvalue weighted by atomic mass is 79.9. The summed E-state index contributed by atoms with van der Waals surface area (Å²) in [6, 6.07) is 11.4. The number of fused-ring (bicyclic) bond motifs is 1. The van der Waals surface area contributed by atoms with Crippen molar-refractivity contribution < 1.29 is 9.18 Å². The van der Waals surface area contributed by atoms with Crippen molar-refractivity contribution in [3.8, 4) is 0 Å². The number of carbonyl (C=O) groups excluding carboxylic acids is 1. The quantitative estimate of drug-likeness (QED) is 0.653. The third kappa shape index (κ3) is 2.23. The summed E-state index contributed by atoms with van der Waals surface area (Å²) in [7, 11) is 0. The lowest BCUT2D eigenvalue weighted by molar-refractivity contribution is 0.103. The Morgan fingerprint density at radius 3 is 2.80 bits per heavy atom. The Morgan fingerprint density at radius 1 is 1.10 bits per heavy atom. The SMILES string of the molecule is O=C(c1cc(F)ccc1Br)c1cccc2ccncc12.